The number of hydrogen-bond acceptors (Lipinski definition) is 5. The molecular formula is C22H29N5O3S. The lowest BCUT2D eigenvalue weighted by Crippen LogP contribution is -2.23. The van der Waals surface area contributed by atoms with E-state index >= 15 is 0 Å². The van der Waals surface area contributed by atoms with Gasteiger partial charge in [-0.1, -0.05) is 24.3 Å². The van der Waals surface area contributed by atoms with Crippen LogP contribution in [0.25, 0.3) is 11.0 Å². The normalized spacial score (nSPS) is 11.8. The van der Waals surface area contributed by atoms with Crippen molar-refractivity contribution in [3.05, 3.63) is 57.9 Å². The number of nitrogens with one attached hydrogen (secondary N) is 2. The molecule has 2 N–H and O–H groups in total. The van der Waals surface area contributed by atoms with Crippen molar-refractivity contribution >= 4 is 27.0 Å². The first-order chi connectivity index (χ1) is 14.6. The van der Waals surface area contributed by atoms with Crippen LogP contribution in [0.3, 0.4) is 0 Å². The number of rotatable bonds is 8. The van der Waals surface area contributed by atoms with Crippen molar-refractivity contribution in [2.75, 3.05) is 7.05 Å². The summed E-state index contributed by atoms with van der Waals surface area (Å²) in [6.45, 7) is 6.41. The highest BCUT2D eigenvalue weighted by molar-refractivity contribution is 7.88. The van der Waals surface area contributed by atoms with Crippen molar-refractivity contribution in [3.63, 3.8) is 0 Å². The van der Waals surface area contributed by atoms with Gasteiger partial charge < -0.3 is 5.32 Å². The van der Waals surface area contributed by atoms with E-state index in [1.807, 2.05) is 33.0 Å². The van der Waals surface area contributed by atoms with Crippen LogP contribution in [0.15, 0.2) is 24.3 Å². The van der Waals surface area contributed by atoms with Gasteiger partial charge in [0.1, 0.15) is 0 Å². The Kier molecular flexibility index (Phi) is 6.76. The molecule has 3 aromatic rings. The lowest BCUT2D eigenvalue weighted by Gasteiger charge is -2.11. The molecule has 0 fully saturated rings. The van der Waals surface area contributed by atoms with Gasteiger partial charge in [-0.15, -0.1) is 0 Å². The third-order valence-electron chi connectivity index (χ3n) is 5.51. The first-order valence-corrected chi connectivity index (χ1v) is 11.8. The molecule has 0 atom stereocenters. The quantitative estimate of drug-likeness (QED) is 0.555. The number of fused-ring (bicyclic) bond motifs is 1. The van der Waals surface area contributed by atoms with Gasteiger partial charge in [-0.3, -0.25) is 9.48 Å². The molecule has 1 amide bonds. The van der Waals surface area contributed by atoms with Crippen molar-refractivity contribution in [2.24, 2.45) is 7.05 Å². The summed E-state index contributed by atoms with van der Waals surface area (Å²) in [4.78, 5) is 17.1. The summed E-state index contributed by atoms with van der Waals surface area (Å²) in [6.07, 6.45) is 0.980. The fraction of sp³-hybridized carbons (Fsp3) is 0.409. The van der Waals surface area contributed by atoms with Crippen molar-refractivity contribution in [1.29, 1.82) is 0 Å². The number of aryl methyl sites for hydroxylation is 4. The molecule has 0 radical (unpaired) electrons. The van der Waals surface area contributed by atoms with Gasteiger partial charge in [0.15, 0.2) is 5.65 Å². The van der Waals surface area contributed by atoms with Crippen LogP contribution in [0.2, 0.25) is 0 Å². The van der Waals surface area contributed by atoms with Gasteiger partial charge in [0, 0.05) is 31.1 Å². The van der Waals surface area contributed by atoms with Gasteiger partial charge in [-0.05, 0) is 56.5 Å². The lowest BCUT2D eigenvalue weighted by atomic mass is 9.99. The minimum absolute atomic E-state index is 0.0383. The molecule has 8 nitrogen and oxygen atoms in total. The second-order valence-corrected chi connectivity index (χ2v) is 9.69. The molecule has 0 aliphatic rings. The zero-order valence-electron chi connectivity index (χ0n) is 18.6. The molecule has 0 aliphatic heterocycles. The van der Waals surface area contributed by atoms with E-state index < -0.39 is 10.0 Å². The van der Waals surface area contributed by atoms with E-state index in [1.165, 1.54) is 7.05 Å². The Morgan fingerprint density at radius 1 is 1.06 bits per heavy atom. The molecule has 0 unspecified atom stereocenters. The standard InChI is InChI=1S/C22H29N5O3S/c1-14-19(15(2)25-22-21(14)16(3)26-27(22)5)10-11-20(28)24-12-17-6-8-18(9-7-17)13-31(29,30)23-4/h6-9,23H,10-13H2,1-5H3,(H,24,28). The SMILES string of the molecule is CNS(=O)(=O)Cc1ccc(CNC(=O)CCc2c(C)nc3c(c(C)nn3C)c2C)cc1. The largest absolute Gasteiger partial charge is 0.352 e. The minimum atomic E-state index is -3.30. The number of hydrogen-bond donors (Lipinski definition) is 2. The molecule has 0 saturated heterocycles. The Morgan fingerprint density at radius 2 is 1.71 bits per heavy atom. The monoisotopic (exact) mass is 443 g/mol. The van der Waals surface area contributed by atoms with Crippen LogP contribution < -0.4 is 10.0 Å². The third-order valence-corrected chi connectivity index (χ3v) is 6.85. The molecule has 0 aliphatic carbocycles. The maximum Gasteiger partial charge on any atom is 0.220 e. The van der Waals surface area contributed by atoms with Gasteiger partial charge in [-0.25, -0.2) is 18.1 Å². The molecule has 166 valence electrons. The molecule has 3 rings (SSSR count). The van der Waals surface area contributed by atoms with Crippen LogP contribution in [0.4, 0.5) is 0 Å². The fourth-order valence-electron chi connectivity index (χ4n) is 3.80. The number of nitrogens with zero attached hydrogens (tertiary/aromatic N) is 3. The van der Waals surface area contributed by atoms with Gasteiger partial charge in [0.25, 0.3) is 0 Å². The van der Waals surface area contributed by atoms with Crippen LogP contribution in [0.1, 0.15) is 40.1 Å². The maximum absolute atomic E-state index is 12.4. The first-order valence-electron chi connectivity index (χ1n) is 10.2. The van der Waals surface area contributed by atoms with E-state index in [2.05, 4.69) is 27.0 Å². The highest BCUT2D eigenvalue weighted by Gasteiger charge is 2.16. The zero-order valence-corrected chi connectivity index (χ0v) is 19.4. The van der Waals surface area contributed by atoms with Crippen molar-refractivity contribution in [1.82, 2.24) is 24.8 Å². The van der Waals surface area contributed by atoms with Crippen molar-refractivity contribution in [3.8, 4) is 0 Å². The Morgan fingerprint density at radius 3 is 2.35 bits per heavy atom. The number of amides is 1. The first kappa shape index (κ1) is 22.9. The minimum Gasteiger partial charge on any atom is -0.352 e. The number of sulfonamides is 1. The third kappa shape index (κ3) is 5.29. The average Bonchev–Trinajstić information content (AvgIpc) is 3.00. The van der Waals surface area contributed by atoms with Crippen LogP contribution in [0.5, 0.6) is 0 Å². The highest BCUT2D eigenvalue weighted by atomic mass is 32.2. The van der Waals surface area contributed by atoms with Crippen LogP contribution in [0, 0.1) is 20.8 Å². The van der Waals surface area contributed by atoms with E-state index in [0.717, 1.165) is 39.1 Å². The molecule has 2 heterocycles. The van der Waals surface area contributed by atoms with Gasteiger partial charge in [0.05, 0.1) is 11.4 Å². The summed E-state index contributed by atoms with van der Waals surface area (Å²) in [5.41, 5.74) is 6.57. The van der Waals surface area contributed by atoms with Crippen LogP contribution in [-0.4, -0.2) is 36.1 Å². The molecule has 9 heteroatoms. The molecule has 0 bridgehead atoms. The lowest BCUT2D eigenvalue weighted by molar-refractivity contribution is -0.121. The van der Waals surface area contributed by atoms with E-state index in [-0.39, 0.29) is 11.7 Å². The molecule has 2 aromatic heterocycles. The summed E-state index contributed by atoms with van der Waals surface area (Å²) in [5, 5.41) is 8.45. The van der Waals surface area contributed by atoms with E-state index in [4.69, 9.17) is 0 Å². The summed E-state index contributed by atoms with van der Waals surface area (Å²) in [5.74, 6) is -0.104. The Bertz CT molecular complexity index is 1210. The molecular weight excluding hydrogens is 414 g/mol. The molecule has 1 aromatic carbocycles. The van der Waals surface area contributed by atoms with Gasteiger partial charge in [0.2, 0.25) is 15.9 Å². The summed E-state index contributed by atoms with van der Waals surface area (Å²) >= 11 is 0. The van der Waals surface area contributed by atoms with E-state index in [0.29, 0.717) is 24.9 Å². The molecule has 0 saturated carbocycles. The van der Waals surface area contributed by atoms with Gasteiger partial charge >= 0.3 is 0 Å². The average molecular weight is 444 g/mol. The predicted molar refractivity (Wildman–Crippen MR) is 121 cm³/mol. The number of benzene rings is 1. The number of aromatic nitrogens is 3. The van der Waals surface area contributed by atoms with Gasteiger partial charge in [-0.2, -0.15) is 5.10 Å². The number of pyridine rings is 1. The summed E-state index contributed by atoms with van der Waals surface area (Å²) < 4.78 is 27.3. The summed E-state index contributed by atoms with van der Waals surface area (Å²) in [7, 11) is -0.0108. The van der Waals surface area contributed by atoms with E-state index in [1.54, 1.807) is 16.8 Å². The van der Waals surface area contributed by atoms with Crippen molar-refractivity contribution in [2.45, 2.75) is 45.9 Å². The van der Waals surface area contributed by atoms with Crippen molar-refractivity contribution < 1.29 is 13.2 Å². The maximum atomic E-state index is 12.4. The zero-order chi connectivity index (χ0) is 22.8. The molecule has 31 heavy (non-hydrogen) atoms. The predicted octanol–water partition coefficient (Wildman–Crippen LogP) is 2.19. The fourth-order valence-corrected chi connectivity index (χ4v) is 4.58. The van der Waals surface area contributed by atoms with Crippen LogP contribution >= 0.6 is 0 Å². The highest BCUT2D eigenvalue weighted by Crippen LogP contribution is 2.26. The Balaban J connectivity index is 1.59. The van der Waals surface area contributed by atoms with Crippen LogP contribution in [-0.2, 0) is 40.6 Å². The smallest absolute Gasteiger partial charge is 0.220 e. The number of carbonyl (C=O) groups excluding carboxylic acids is 1. The Labute approximate surface area is 183 Å². The molecule has 0 spiro atoms. The summed E-state index contributed by atoms with van der Waals surface area (Å²) in [6, 6.07) is 7.19. The Hall–Kier alpha value is -2.78. The second-order valence-electron chi connectivity index (χ2n) is 7.76. The van der Waals surface area contributed by atoms with E-state index in [9.17, 15) is 13.2 Å². The topological polar surface area (TPSA) is 106 Å². The number of carbonyl (C=O) groups is 1. The second kappa shape index (κ2) is 9.15.